The van der Waals surface area contributed by atoms with E-state index in [2.05, 4.69) is 4.74 Å². The van der Waals surface area contributed by atoms with Crippen LogP contribution in [0.1, 0.15) is 0 Å². The van der Waals surface area contributed by atoms with Crippen LogP contribution >= 0.6 is 22.9 Å². The number of halogens is 1. The largest absolute Gasteiger partial charge is 0.449 e. The summed E-state index contributed by atoms with van der Waals surface area (Å²) in [7, 11) is -3.43. The molecule has 8 heteroatoms. The number of primary amides is 1. The number of hydrogen-bond donors (Lipinski definition) is 1. The van der Waals surface area contributed by atoms with Crippen LogP contribution in [0, 0.1) is 0 Å². The highest BCUT2D eigenvalue weighted by atomic mass is 35.5. The maximum Gasteiger partial charge on any atom is 0.404 e. The van der Waals surface area contributed by atoms with Crippen molar-refractivity contribution in [1.82, 2.24) is 0 Å². The molecule has 0 aliphatic rings. The van der Waals surface area contributed by atoms with Crippen LogP contribution in [0.4, 0.5) is 4.79 Å². The van der Waals surface area contributed by atoms with Gasteiger partial charge in [0.1, 0.15) is 10.8 Å². The van der Waals surface area contributed by atoms with E-state index in [-0.39, 0.29) is 16.6 Å². The zero-order valence-corrected chi connectivity index (χ0v) is 9.86. The van der Waals surface area contributed by atoms with Gasteiger partial charge in [0, 0.05) is 0 Å². The van der Waals surface area contributed by atoms with E-state index in [9.17, 15) is 13.2 Å². The Morgan fingerprint density at radius 2 is 2.20 bits per heavy atom. The first kappa shape index (κ1) is 12.3. The van der Waals surface area contributed by atoms with E-state index in [1.807, 2.05) is 0 Å². The van der Waals surface area contributed by atoms with Crippen molar-refractivity contribution in [2.75, 3.05) is 12.4 Å². The molecule has 1 heterocycles. The molecule has 0 saturated heterocycles. The van der Waals surface area contributed by atoms with Crippen molar-refractivity contribution >= 4 is 38.9 Å². The fourth-order valence-corrected chi connectivity index (χ4v) is 3.54. The molecule has 0 saturated carbocycles. The number of carbonyl (C=O) groups is 1. The smallest absolute Gasteiger partial charge is 0.404 e. The first-order chi connectivity index (χ1) is 6.92. The average molecular weight is 270 g/mol. The Labute approximate surface area is 95.7 Å². The molecule has 0 aromatic carbocycles. The molecular formula is C7H8ClNO4S2. The predicted molar refractivity (Wildman–Crippen MR) is 56.9 cm³/mol. The van der Waals surface area contributed by atoms with Crippen molar-refractivity contribution in [2.24, 2.45) is 5.73 Å². The van der Waals surface area contributed by atoms with Gasteiger partial charge in [-0.25, -0.2) is 13.2 Å². The Bertz CT molecular complexity index is 453. The average Bonchev–Trinajstić information content (AvgIpc) is 2.51. The Balaban J connectivity index is 2.64. The molecule has 1 rings (SSSR count). The van der Waals surface area contributed by atoms with E-state index >= 15 is 0 Å². The second-order valence-corrected chi connectivity index (χ2v) is 6.60. The van der Waals surface area contributed by atoms with Gasteiger partial charge in [-0.15, -0.1) is 11.3 Å². The molecular weight excluding hydrogens is 262 g/mol. The summed E-state index contributed by atoms with van der Waals surface area (Å²) in [6.45, 7) is -0.257. The minimum Gasteiger partial charge on any atom is -0.449 e. The normalized spacial score (nSPS) is 11.3. The number of hydrogen-bond acceptors (Lipinski definition) is 5. The van der Waals surface area contributed by atoms with E-state index in [1.54, 1.807) is 0 Å². The lowest BCUT2D eigenvalue weighted by Gasteiger charge is -2.01. The minimum atomic E-state index is -3.43. The standard InChI is InChI=1S/C7H8ClNO4S2/c8-5-1-2-6(14-5)15(11,12)4-3-13-7(9)10/h1-2H,3-4H2,(H2,9,10). The highest BCUT2D eigenvalue weighted by Crippen LogP contribution is 2.26. The van der Waals surface area contributed by atoms with Gasteiger partial charge in [-0.05, 0) is 12.1 Å². The fourth-order valence-electron chi connectivity index (χ4n) is 0.817. The third kappa shape index (κ3) is 3.69. The molecule has 0 unspecified atom stereocenters. The summed E-state index contributed by atoms with van der Waals surface area (Å²) in [5.41, 5.74) is 4.69. The summed E-state index contributed by atoms with van der Waals surface area (Å²) in [6.07, 6.45) is -0.991. The highest BCUT2D eigenvalue weighted by molar-refractivity contribution is 7.93. The van der Waals surface area contributed by atoms with Gasteiger partial charge in [0.2, 0.25) is 0 Å². The second-order valence-electron chi connectivity index (χ2n) is 2.54. The molecule has 0 aliphatic carbocycles. The highest BCUT2D eigenvalue weighted by Gasteiger charge is 2.17. The second kappa shape index (κ2) is 4.82. The van der Waals surface area contributed by atoms with Gasteiger partial charge < -0.3 is 10.5 Å². The molecule has 1 amide bonds. The number of carbonyl (C=O) groups excluding carboxylic acids is 1. The van der Waals surface area contributed by atoms with Gasteiger partial charge in [-0.1, -0.05) is 11.6 Å². The summed E-state index contributed by atoms with van der Waals surface area (Å²) in [4.78, 5) is 10.2. The zero-order chi connectivity index (χ0) is 11.5. The summed E-state index contributed by atoms with van der Waals surface area (Å²) in [5, 5.41) is 0. The molecule has 84 valence electrons. The van der Waals surface area contributed by atoms with Crippen LogP contribution in [-0.4, -0.2) is 26.9 Å². The number of ether oxygens (including phenoxy) is 1. The maximum absolute atomic E-state index is 11.5. The first-order valence-electron chi connectivity index (χ1n) is 3.82. The van der Waals surface area contributed by atoms with Crippen molar-refractivity contribution < 1.29 is 17.9 Å². The maximum atomic E-state index is 11.5. The molecule has 2 N–H and O–H groups in total. The van der Waals surface area contributed by atoms with Crippen LogP contribution in [-0.2, 0) is 14.6 Å². The third-order valence-corrected chi connectivity index (χ3v) is 4.94. The number of thiophene rings is 1. The Hall–Kier alpha value is -0.790. The number of sulfone groups is 1. The zero-order valence-electron chi connectivity index (χ0n) is 7.47. The van der Waals surface area contributed by atoms with E-state index < -0.39 is 15.9 Å². The molecule has 0 spiro atoms. The summed E-state index contributed by atoms with van der Waals surface area (Å²) >= 11 is 6.56. The Kier molecular flexibility index (Phi) is 3.95. The molecule has 1 aromatic rings. The quantitative estimate of drug-likeness (QED) is 0.892. The van der Waals surface area contributed by atoms with Crippen LogP contribution in [0.5, 0.6) is 0 Å². The number of rotatable bonds is 4. The van der Waals surface area contributed by atoms with Crippen LogP contribution in [0.15, 0.2) is 16.3 Å². The van der Waals surface area contributed by atoms with E-state index in [1.165, 1.54) is 12.1 Å². The fraction of sp³-hybridized carbons (Fsp3) is 0.286. The van der Waals surface area contributed by atoms with E-state index in [0.29, 0.717) is 4.34 Å². The molecule has 0 atom stereocenters. The van der Waals surface area contributed by atoms with Crippen LogP contribution in [0.25, 0.3) is 0 Å². The van der Waals surface area contributed by atoms with Crippen molar-refractivity contribution in [3.8, 4) is 0 Å². The van der Waals surface area contributed by atoms with Crippen LogP contribution in [0.2, 0.25) is 4.34 Å². The van der Waals surface area contributed by atoms with Gasteiger partial charge in [0.25, 0.3) is 0 Å². The molecule has 0 aliphatic heterocycles. The number of nitrogens with two attached hydrogens (primary N) is 1. The van der Waals surface area contributed by atoms with Crippen LogP contribution < -0.4 is 5.73 Å². The Morgan fingerprint density at radius 1 is 1.53 bits per heavy atom. The summed E-state index contributed by atoms with van der Waals surface area (Å²) in [6, 6.07) is 2.90. The van der Waals surface area contributed by atoms with Crippen molar-refractivity contribution in [3.63, 3.8) is 0 Å². The first-order valence-corrected chi connectivity index (χ1v) is 6.67. The van der Waals surface area contributed by atoms with Crippen molar-refractivity contribution in [1.29, 1.82) is 0 Å². The van der Waals surface area contributed by atoms with Crippen molar-refractivity contribution in [3.05, 3.63) is 16.5 Å². The van der Waals surface area contributed by atoms with Gasteiger partial charge >= 0.3 is 6.09 Å². The molecule has 0 radical (unpaired) electrons. The van der Waals surface area contributed by atoms with E-state index in [4.69, 9.17) is 17.3 Å². The van der Waals surface area contributed by atoms with Crippen molar-refractivity contribution in [2.45, 2.75) is 4.21 Å². The van der Waals surface area contributed by atoms with E-state index in [0.717, 1.165) is 11.3 Å². The SMILES string of the molecule is NC(=O)OCCS(=O)(=O)c1ccc(Cl)s1. The van der Waals surface area contributed by atoms with Gasteiger partial charge in [0.05, 0.1) is 10.1 Å². The van der Waals surface area contributed by atoms with Crippen LogP contribution in [0.3, 0.4) is 0 Å². The third-order valence-electron chi connectivity index (χ3n) is 1.45. The topological polar surface area (TPSA) is 86.5 Å². The summed E-state index contributed by atoms with van der Waals surface area (Å²) < 4.78 is 28.0. The molecule has 1 aromatic heterocycles. The van der Waals surface area contributed by atoms with Gasteiger partial charge in [-0.3, -0.25) is 0 Å². The molecule has 15 heavy (non-hydrogen) atoms. The predicted octanol–water partition coefficient (Wildman–Crippen LogP) is 1.27. The molecule has 5 nitrogen and oxygen atoms in total. The minimum absolute atomic E-state index is 0.153. The van der Waals surface area contributed by atoms with Gasteiger partial charge in [-0.2, -0.15) is 0 Å². The van der Waals surface area contributed by atoms with Gasteiger partial charge in [0.15, 0.2) is 9.84 Å². The monoisotopic (exact) mass is 269 g/mol. The molecule has 0 fully saturated rings. The Morgan fingerprint density at radius 3 is 2.67 bits per heavy atom. The summed E-state index contributed by atoms with van der Waals surface area (Å²) in [5.74, 6) is -0.299. The molecule has 0 bridgehead atoms. The lowest BCUT2D eigenvalue weighted by molar-refractivity contribution is 0.163. The lowest BCUT2D eigenvalue weighted by atomic mass is 10.7. The lowest BCUT2D eigenvalue weighted by Crippen LogP contribution is -2.18. The number of amides is 1.